The number of aliphatic hydroxyl groups is 2. The van der Waals surface area contributed by atoms with Gasteiger partial charge in [0.25, 0.3) is 5.91 Å². The Morgan fingerprint density at radius 3 is 2.67 bits per heavy atom. The summed E-state index contributed by atoms with van der Waals surface area (Å²) in [7, 11) is 1.36. The van der Waals surface area contributed by atoms with Crippen LogP contribution in [0.1, 0.15) is 22.4 Å². The van der Waals surface area contributed by atoms with E-state index >= 15 is 0 Å². The molecule has 2 rings (SSSR count). The van der Waals surface area contributed by atoms with Gasteiger partial charge in [0.15, 0.2) is 12.5 Å². The van der Waals surface area contributed by atoms with E-state index in [2.05, 4.69) is 4.98 Å². The summed E-state index contributed by atoms with van der Waals surface area (Å²) in [4.78, 5) is 14.9. The van der Waals surface area contributed by atoms with Crippen LogP contribution in [-0.4, -0.2) is 51.3 Å². The van der Waals surface area contributed by atoms with Crippen LogP contribution in [0, 0.1) is 6.92 Å². The summed E-state index contributed by atoms with van der Waals surface area (Å²) in [5.41, 5.74) is 5.70. The summed E-state index contributed by atoms with van der Waals surface area (Å²) >= 11 is 0. The van der Waals surface area contributed by atoms with Gasteiger partial charge in [-0.05, 0) is 6.92 Å². The molecule has 4 atom stereocenters. The number of aliphatic hydroxyl groups excluding tert-OH is 2. The Balaban J connectivity index is 2.30. The van der Waals surface area contributed by atoms with Gasteiger partial charge in [-0.1, -0.05) is 0 Å². The predicted octanol–water partition coefficient (Wildman–Crippen LogP) is -1.49. The first-order chi connectivity index (χ1) is 8.47. The fourth-order valence-electron chi connectivity index (χ4n) is 1.97. The van der Waals surface area contributed by atoms with Crippen molar-refractivity contribution in [2.75, 3.05) is 7.11 Å². The van der Waals surface area contributed by atoms with E-state index < -0.39 is 30.6 Å². The lowest BCUT2D eigenvalue weighted by Gasteiger charge is -2.17. The number of imidazole rings is 1. The van der Waals surface area contributed by atoms with Crippen LogP contribution in [0.2, 0.25) is 0 Å². The van der Waals surface area contributed by atoms with E-state index in [1.807, 2.05) is 0 Å². The minimum absolute atomic E-state index is 0.0983. The number of hydrogen-bond acceptors (Lipinski definition) is 6. The van der Waals surface area contributed by atoms with Gasteiger partial charge >= 0.3 is 0 Å². The van der Waals surface area contributed by atoms with Crippen molar-refractivity contribution in [2.45, 2.75) is 31.6 Å². The number of carbonyl (C=O) groups excluding carboxylic acids is 1. The smallest absolute Gasteiger partial charge is 0.269 e. The highest BCUT2D eigenvalue weighted by Gasteiger charge is 2.44. The lowest BCUT2D eigenvalue weighted by atomic mass is 10.2. The van der Waals surface area contributed by atoms with Gasteiger partial charge in [-0.2, -0.15) is 0 Å². The normalized spacial score (nSPS) is 31.8. The summed E-state index contributed by atoms with van der Waals surface area (Å²) in [5.74, 6) is -0.664. The van der Waals surface area contributed by atoms with Crippen molar-refractivity contribution < 1.29 is 24.5 Å². The minimum atomic E-state index is -1.18. The first-order valence-electron chi connectivity index (χ1n) is 5.35. The first-order valence-corrected chi connectivity index (χ1v) is 5.35. The molecule has 0 bridgehead atoms. The summed E-state index contributed by atoms with van der Waals surface area (Å²) in [6.07, 6.45) is -2.81. The fraction of sp³-hybridized carbons (Fsp3) is 0.600. The molecule has 1 aliphatic heterocycles. The van der Waals surface area contributed by atoms with E-state index in [1.54, 1.807) is 6.92 Å². The molecule has 1 aliphatic rings. The molecule has 1 amide bonds. The maximum Gasteiger partial charge on any atom is 0.269 e. The Labute approximate surface area is 103 Å². The van der Waals surface area contributed by atoms with Crippen LogP contribution in [0.5, 0.6) is 0 Å². The molecular formula is C10H15N3O5. The van der Waals surface area contributed by atoms with Gasteiger partial charge in [-0.3, -0.25) is 4.79 Å². The molecule has 8 nitrogen and oxygen atoms in total. The van der Waals surface area contributed by atoms with Gasteiger partial charge in [0.1, 0.15) is 17.9 Å². The van der Waals surface area contributed by atoms with Crippen LogP contribution in [-0.2, 0) is 9.47 Å². The minimum Gasteiger partial charge on any atom is -0.385 e. The van der Waals surface area contributed by atoms with Crippen LogP contribution in [0.3, 0.4) is 0 Å². The number of nitrogens with two attached hydrogens (primary N) is 1. The predicted molar refractivity (Wildman–Crippen MR) is 58.4 cm³/mol. The highest BCUT2D eigenvalue weighted by atomic mass is 16.7. The molecule has 1 saturated heterocycles. The third-order valence-electron chi connectivity index (χ3n) is 2.98. The van der Waals surface area contributed by atoms with E-state index in [0.717, 1.165) is 0 Å². The molecule has 1 aromatic rings. The summed E-state index contributed by atoms with van der Waals surface area (Å²) < 4.78 is 11.7. The topological polar surface area (TPSA) is 120 Å². The Morgan fingerprint density at radius 1 is 1.56 bits per heavy atom. The number of carbonyl (C=O) groups is 1. The molecule has 1 fully saturated rings. The average molecular weight is 257 g/mol. The van der Waals surface area contributed by atoms with Crippen molar-refractivity contribution in [3.05, 3.63) is 17.7 Å². The Morgan fingerprint density at radius 2 is 2.22 bits per heavy atom. The third-order valence-corrected chi connectivity index (χ3v) is 2.98. The molecule has 0 aromatic carbocycles. The van der Waals surface area contributed by atoms with Crippen LogP contribution in [0.25, 0.3) is 0 Å². The number of rotatable bonds is 3. The molecular weight excluding hydrogens is 242 g/mol. The fourth-order valence-corrected chi connectivity index (χ4v) is 1.97. The monoisotopic (exact) mass is 257 g/mol. The van der Waals surface area contributed by atoms with Crippen molar-refractivity contribution >= 4 is 5.91 Å². The molecule has 0 saturated carbocycles. The summed E-state index contributed by atoms with van der Waals surface area (Å²) in [5, 5.41) is 19.5. The van der Waals surface area contributed by atoms with Gasteiger partial charge < -0.3 is 30.0 Å². The summed E-state index contributed by atoms with van der Waals surface area (Å²) in [6.45, 7) is 1.62. The second-order valence-corrected chi connectivity index (χ2v) is 4.06. The van der Waals surface area contributed by atoms with Gasteiger partial charge in [-0.15, -0.1) is 0 Å². The standard InChI is InChI=1S/C10H15N3O5/c1-4-5(8(11)16)12-3-13(4)9-6(14)7(15)10(17-2)18-9/h3,6-7,9-10,14-15H,1-2H3,(H2,11,16)/t6-,7+,9-,10+/m1/s1. The SMILES string of the molecule is CO[C@H]1O[C@@H](n2cnc(C(N)=O)c2C)[C@H](O)[C@@H]1O. The van der Waals surface area contributed by atoms with Crippen LogP contribution >= 0.6 is 0 Å². The second kappa shape index (κ2) is 4.65. The first kappa shape index (κ1) is 13.0. The Hall–Kier alpha value is -1.48. The zero-order valence-electron chi connectivity index (χ0n) is 9.98. The van der Waals surface area contributed by atoms with E-state index in [0.29, 0.717) is 5.69 Å². The van der Waals surface area contributed by atoms with Crippen molar-refractivity contribution in [2.24, 2.45) is 5.73 Å². The number of nitrogens with zero attached hydrogens (tertiary/aromatic N) is 2. The molecule has 4 N–H and O–H groups in total. The van der Waals surface area contributed by atoms with Crippen molar-refractivity contribution in [1.29, 1.82) is 0 Å². The van der Waals surface area contributed by atoms with E-state index in [4.69, 9.17) is 15.2 Å². The lowest BCUT2D eigenvalue weighted by molar-refractivity contribution is -0.161. The highest BCUT2D eigenvalue weighted by molar-refractivity contribution is 5.91. The Bertz CT molecular complexity index is 460. The summed E-state index contributed by atoms with van der Waals surface area (Å²) in [6, 6.07) is 0. The number of aromatic nitrogens is 2. The molecule has 1 aromatic heterocycles. The zero-order valence-corrected chi connectivity index (χ0v) is 9.98. The lowest BCUT2D eigenvalue weighted by Crippen LogP contribution is -2.32. The van der Waals surface area contributed by atoms with E-state index in [1.165, 1.54) is 18.0 Å². The number of methoxy groups -OCH3 is 1. The number of primary amides is 1. The van der Waals surface area contributed by atoms with Gasteiger partial charge in [0.05, 0.1) is 6.33 Å². The van der Waals surface area contributed by atoms with Gasteiger partial charge in [-0.25, -0.2) is 4.98 Å². The molecule has 0 spiro atoms. The number of amides is 1. The van der Waals surface area contributed by atoms with E-state index in [-0.39, 0.29) is 5.69 Å². The molecule has 2 heterocycles. The van der Waals surface area contributed by atoms with Crippen molar-refractivity contribution in [3.63, 3.8) is 0 Å². The van der Waals surface area contributed by atoms with Gasteiger partial charge in [0, 0.05) is 12.8 Å². The van der Waals surface area contributed by atoms with Crippen LogP contribution < -0.4 is 5.73 Å². The number of hydrogen-bond donors (Lipinski definition) is 3. The van der Waals surface area contributed by atoms with Crippen LogP contribution in [0.4, 0.5) is 0 Å². The average Bonchev–Trinajstić information content (AvgIpc) is 2.82. The quantitative estimate of drug-likeness (QED) is 0.607. The molecule has 0 aliphatic carbocycles. The van der Waals surface area contributed by atoms with Crippen molar-refractivity contribution in [3.8, 4) is 0 Å². The maximum absolute atomic E-state index is 11.1. The van der Waals surface area contributed by atoms with Gasteiger partial charge in [0.2, 0.25) is 0 Å². The number of ether oxygens (including phenoxy) is 2. The maximum atomic E-state index is 11.1. The Kier molecular flexibility index (Phi) is 3.35. The molecule has 0 radical (unpaired) electrons. The zero-order chi connectivity index (χ0) is 13.4. The highest BCUT2D eigenvalue weighted by Crippen LogP contribution is 2.30. The second-order valence-electron chi connectivity index (χ2n) is 4.06. The van der Waals surface area contributed by atoms with Crippen LogP contribution in [0.15, 0.2) is 6.33 Å². The van der Waals surface area contributed by atoms with E-state index in [9.17, 15) is 15.0 Å². The molecule has 18 heavy (non-hydrogen) atoms. The van der Waals surface area contributed by atoms with Crippen molar-refractivity contribution in [1.82, 2.24) is 9.55 Å². The third kappa shape index (κ3) is 1.89. The molecule has 0 unspecified atom stereocenters. The largest absolute Gasteiger partial charge is 0.385 e. The molecule has 8 heteroatoms. The molecule has 100 valence electrons.